The molecule has 0 bridgehead atoms. The molecule has 0 saturated carbocycles. The number of hydrogen-bond donors (Lipinski definition) is 0. The molecule has 9 rings (SSSR count). The maximum atomic E-state index is 2.33. The predicted molar refractivity (Wildman–Crippen MR) is 209 cm³/mol. The lowest BCUT2D eigenvalue weighted by Crippen LogP contribution is -2.28. The molecule has 50 heavy (non-hydrogen) atoms. The fourth-order valence-electron chi connectivity index (χ4n) is 7.89. The van der Waals surface area contributed by atoms with Crippen LogP contribution >= 0.6 is 0 Å². The Morgan fingerprint density at radius 2 is 0.600 bits per heavy atom. The van der Waals surface area contributed by atoms with E-state index in [2.05, 4.69) is 217 Å². The SMILES string of the molecule is c1ccc(-c2ccc(N(c3ccccc3)c3ccc(-c4ccc(C5(c6ccccc6)c6ccccc6-c6ccccc65)cc4)cc3)cc2)cc1. The van der Waals surface area contributed by atoms with Crippen LogP contribution in [-0.2, 0) is 5.41 Å². The van der Waals surface area contributed by atoms with Crippen LogP contribution < -0.4 is 4.90 Å². The second-order valence-corrected chi connectivity index (χ2v) is 12.9. The molecule has 8 aromatic rings. The highest BCUT2D eigenvalue weighted by Crippen LogP contribution is 2.56. The van der Waals surface area contributed by atoms with Gasteiger partial charge in [-0.15, -0.1) is 0 Å². The van der Waals surface area contributed by atoms with E-state index in [0.717, 1.165) is 17.1 Å². The molecule has 0 aromatic heterocycles. The van der Waals surface area contributed by atoms with Crippen LogP contribution in [-0.4, -0.2) is 0 Å². The van der Waals surface area contributed by atoms with Crippen molar-refractivity contribution in [2.24, 2.45) is 0 Å². The van der Waals surface area contributed by atoms with Gasteiger partial charge < -0.3 is 4.90 Å². The average Bonchev–Trinajstić information content (AvgIpc) is 3.51. The Kier molecular flexibility index (Phi) is 7.44. The van der Waals surface area contributed by atoms with Crippen molar-refractivity contribution in [2.45, 2.75) is 5.41 Å². The molecule has 1 heteroatoms. The zero-order chi connectivity index (χ0) is 33.3. The molecule has 0 atom stereocenters. The molecule has 0 aliphatic heterocycles. The third kappa shape index (κ3) is 4.95. The largest absolute Gasteiger partial charge is 0.311 e. The van der Waals surface area contributed by atoms with Gasteiger partial charge in [0, 0.05) is 17.1 Å². The van der Waals surface area contributed by atoms with Crippen LogP contribution in [0.5, 0.6) is 0 Å². The zero-order valence-electron chi connectivity index (χ0n) is 27.7. The van der Waals surface area contributed by atoms with E-state index in [1.807, 2.05) is 0 Å². The van der Waals surface area contributed by atoms with Crippen LogP contribution in [0.4, 0.5) is 17.1 Å². The normalized spacial score (nSPS) is 12.6. The predicted octanol–water partition coefficient (Wildman–Crippen LogP) is 12.9. The number of benzene rings is 8. The summed E-state index contributed by atoms with van der Waals surface area (Å²) in [5.74, 6) is 0. The molecule has 0 unspecified atom stereocenters. The van der Waals surface area contributed by atoms with Crippen molar-refractivity contribution in [1.29, 1.82) is 0 Å². The Morgan fingerprint density at radius 1 is 0.260 bits per heavy atom. The van der Waals surface area contributed by atoms with E-state index >= 15 is 0 Å². The third-order valence-electron chi connectivity index (χ3n) is 10.2. The van der Waals surface area contributed by atoms with Gasteiger partial charge >= 0.3 is 0 Å². The minimum atomic E-state index is -0.386. The summed E-state index contributed by atoms with van der Waals surface area (Å²) in [4.78, 5) is 2.32. The van der Waals surface area contributed by atoms with Crippen molar-refractivity contribution in [3.05, 3.63) is 235 Å². The van der Waals surface area contributed by atoms with Gasteiger partial charge in [-0.05, 0) is 92.0 Å². The topological polar surface area (TPSA) is 3.24 Å². The van der Waals surface area contributed by atoms with Gasteiger partial charge in [-0.3, -0.25) is 0 Å². The summed E-state index contributed by atoms with van der Waals surface area (Å²) in [6, 6.07) is 77.0. The average molecular weight is 638 g/mol. The highest BCUT2D eigenvalue weighted by Gasteiger charge is 2.45. The van der Waals surface area contributed by atoms with Crippen molar-refractivity contribution in [1.82, 2.24) is 0 Å². The highest BCUT2D eigenvalue weighted by atomic mass is 15.1. The standard InChI is InChI=1S/C49H35N/c1-4-14-36(15-5-1)38-26-32-43(33-27-38)50(42-18-8-3-9-19-42)44-34-28-39(29-35-44)37-24-30-41(31-25-37)49(40-16-6-2-7-17-40)47-22-12-10-20-45(47)46-21-11-13-23-48(46)49/h1-35H. The maximum Gasteiger partial charge on any atom is 0.0713 e. The molecule has 0 radical (unpaired) electrons. The van der Waals surface area contributed by atoms with Crippen molar-refractivity contribution < 1.29 is 0 Å². The lowest BCUT2D eigenvalue weighted by molar-refractivity contribution is 0.768. The Bertz CT molecular complexity index is 2330. The summed E-state index contributed by atoms with van der Waals surface area (Å²) in [7, 11) is 0. The van der Waals surface area contributed by atoms with Crippen LogP contribution in [0.3, 0.4) is 0 Å². The van der Waals surface area contributed by atoms with E-state index in [0.29, 0.717) is 0 Å². The fraction of sp³-hybridized carbons (Fsp3) is 0.0204. The van der Waals surface area contributed by atoms with E-state index in [9.17, 15) is 0 Å². The van der Waals surface area contributed by atoms with Crippen LogP contribution in [0.15, 0.2) is 212 Å². The highest BCUT2D eigenvalue weighted by molar-refractivity contribution is 5.86. The van der Waals surface area contributed by atoms with Crippen molar-refractivity contribution in [2.75, 3.05) is 4.90 Å². The second-order valence-electron chi connectivity index (χ2n) is 12.9. The first-order valence-corrected chi connectivity index (χ1v) is 17.3. The van der Waals surface area contributed by atoms with Crippen LogP contribution in [0, 0.1) is 0 Å². The Morgan fingerprint density at radius 3 is 1.10 bits per heavy atom. The van der Waals surface area contributed by atoms with Crippen molar-refractivity contribution in [3.63, 3.8) is 0 Å². The Hall–Kier alpha value is -6.44. The van der Waals surface area contributed by atoms with Crippen LogP contribution in [0.2, 0.25) is 0 Å². The monoisotopic (exact) mass is 637 g/mol. The number of nitrogens with zero attached hydrogens (tertiary/aromatic N) is 1. The lowest BCUT2D eigenvalue weighted by atomic mass is 9.67. The summed E-state index contributed by atoms with van der Waals surface area (Å²) >= 11 is 0. The molecule has 0 saturated heterocycles. The van der Waals surface area contributed by atoms with Gasteiger partial charge in [0.2, 0.25) is 0 Å². The number of fused-ring (bicyclic) bond motifs is 3. The molecule has 236 valence electrons. The molecule has 0 fully saturated rings. The first-order valence-electron chi connectivity index (χ1n) is 17.3. The van der Waals surface area contributed by atoms with Crippen molar-refractivity contribution in [3.8, 4) is 33.4 Å². The van der Waals surface area contributed by atoms with Crippen LogP contribution in [0.1, 0.15) is 22.3 Å². The molecule has 1 aliphatic rings. The number of rotatable bonds is 7. The Labute approximate surface area is 294 Å². The lowest BCUT2D eigenvalue weighted by Gasteiger charge is -2.34. The van der Waals surface area contributed by atoms with Gasteiger partial charge in [0.05, 0.1) is 5.41 Å². The summed E-state index contributed by atoms with van der Waals surface area (Å²) in [5, 5.41) is 0. The summed E-state index contributed by atoms with van der Waals surface area (Å²) < 4.78 is 0. The molecular weight excluding hydrogens is 603 g/mol. The van der Waals surface area contributed by atoms with E-state index in [4.69, 9.17) is 0 Å². The summed E-state index contributed by atoms with van der Waals surface area (Å²) in [6.45, 7) is 0. The number of para-hydroxylation sites is 1. The minimum Gasteiger partial charge on any atom is -0.311 e. The first-order chi connectivity index (χ1) is 24.8. The van der Waals surface area contributed by atoms with Gasteiger partial charge in [0.25, 0.3) is 0 Å². The molecule has 1 aliphatic carbocycles. The quantitative estimate of drug-likeness (QED) is 0.168. The van der Waals surface area contributed by atoms with E-state index < -0.39 is 0 Å². The van der Waals surface area contributed by atoms with Gasteiger partial charge in [-0.2, -0.15) is 0 Å². The molecule has 1 nitrogen and oxygen atoms in total. The summed E-state index contributed by atoms with van der Waals surface area (Å²) in [6.07, 6.45) is 0. The number of hydrogen-bond acceptors (Lipinski definition) is 1. The van der Waals surface area contributed by atoms with Gasteiger partial charge in [0.1, 0.15) is 0 Å². The van der Waals surface area contributed by atoms with Crippen LogP contribution in [0.25, 0.3) is 33.4 Å². The first kappa shape index (κ1) is 29.7. The van der Waals surface area contributed by atoms with Gasteiger partial charge in [0.15, 0.2) is 0 Å². The molecular formula is C49H35N. The molecule has 0 heterocycles. The Balaban J connectivity index is 1.08. The molecule has 0 N–H and O–H groups in total. The second kappa shape index (κ2) is 12.5. The van der Waals surface area contributed by atoms with Crippen molar-refractivity contribution >= 4 is 17.1 Å². The van der Waals surface area contributed by atoms with E-state index in [-0.39, 0.29) is 5.41 Å². The fourth-order valence-corrected chi connectivity index (χ4v) is 7.89. The van der Waals surface area contributed by atoms with E-state index in [1.54, 1.807) is 0 Å². The van der Waals surface area contributed by atoms with Gasteiger partial charge in [-0.25, -0.2) is 0 Å². The third-order valence-corrected chi connectivity index (χ3v) is 10.2. The maximum absolute atomic E-state index is 2.33. The summed E-state index contributed by atoms with van der Waals surface area (Å²) in [5.41, 5.74) is 15.6. The van der Waals surface area contributed by atoms with Gasteiger partial charge in [-0.1, -0.05) is 176 Å². The molecule has 0 amide bonds. The molecule has 0 spiro atoms. The molecule has 8 aromatic carbocycles. The smallest absolute Gasteiger partial charge is 0.0713 e. The number of anilines is 3. The van der Waals surface area contributed by atoms with E-state index in [1.165, 1.54) is 55.6 Å². The minimum absolute atomic E-state index is 0.386. The zero-order valence-corrected chi connectivity index (χ0v) is 27.7.